The number of aromatic nitrogens is 2. The summed E-state index contributed by atoms with van der Waals surface area (Å²) in [6, 6.07) is 0. The van der Waals surface area contributed by atoms with E-state index in [4.69, 9.17) is 16.9 Å². The number of carbonyl (C=O) groups is 1. The zero-order chi connectivity index (χ0) is 10.6. The van der Waals surface area contributed by atoms with Crippen LogP contribution in [0.5, 0.6) is 0 Å². The van der Waals surface area contributed by atoms with Crippen molar-refractivity contribution >= 4 is 11.8 Å². The van der Waals surface area contributed by atoms with Crippen molar-refractivity contribution in [2.45, 2.75) is 13.5 Å². The predicted molar refractivity (Wildman–Crippen MR) is 51.4 cm³/mol. The molecule has 1 aromatic heterocycles. The molecule has 5 nitrogen and oxygen atoms in total. The molecule has 1 heterocycles. The number of carbonyl (C=O) groups excluding carboxylic acids is 1. The maximum Gasteiger partial charge on any atom is 0.360 e. The van der Waals surface area contributed by atoms with E-state index in [1.807, 2.05) is 0 Å². The zero-order valence-corrected chi connectivity index (χ0v) is 7.86. The van der Waals surface area contributed by atoms with Crippen LogP contribution in [0.15, 0.2) is 6.33 Å². The van der Waals surface area contributed by atoms with Crippen LogP contribution in [-0.2, 0) is 11.3 Å². The van der Waals surface area contributed by atoms with E-state index < -0.39 is 5.97 Å². The number of imidazole rings is 1. The van der Waals surface area contributed by atoms with Crippen LogP contribution in [0.1, 0.15) is 17.4 Å². The molecule has 5 heteroatoms. The van der Waals surface area contributed by atoms with Crippen LogP contribution in [-0.4, -0.2) is 22.1 Å². The van der Waals surface area contributed by atoms with Crippen LogP contribution in [0.3, 0.4) is 0 Å². The van der Waals surface area contributed by atoms with Crippen molar-refractivity contribution in [3.05, 3.63) is 12.0 Å². The first-order valence-electron chi connectivity index (χ1n) is 4.11. The number of rotatable bonds is 3. The van der Waals surface area contributed by atoms with E-state index >= 15 is 0 Å². The fraction of sp³-hybridized carbons (Fsp3) is 0.333. The Morgan fingerprint density at radius 3 is 3.14 bits per heavy atom. The van der Waals surface area contributed by atoms with E-state index in [9.17, 15) is 4.79 Å². The summed E-state index contributed by atoms with van der Waals surface area (Å²) >= 11 is 0. The van der Waals surface area contributed by atoms with Crippen molar-refractivity contribution in [2.75, 3.05) is 12.3 Å². The minimum Gasteiger partial charge on any atom is -0.461 e. The van der Waals surface area contributed by atoms with E-state index in [-0.39, 0.29) is 18.1 Å². The minimum absolute atomic E-state index is 0.113. The lowest BCUT2D eigenvalue weighted by Gasteiger charge is -2.01. The average molecular weight is 193 g/mol. The molecule has 0 spiro atoms. The standard InChI is InChI=1S/C9H11N3O2/c1-3-5-12-6-11-7(8(12)10)9(13)14-4-2/h1,6H,4-5,10H2,2H3. The molecule has 1 aromatic rings. The molecule has 2 N–H and O–H groups in total. The van der Waals surface area contributed by atoms with Gasteiger partial charge in [-0.15, -0.1) is 6.42 Å². The summed E-state index contributed by atoms with van der Waals surface area (Å²) < 4.78 is 6.26. The molecular formula is C9H11N3O2. The van der Waals surface area contributed by atoms with Gasteiger partial charge in [0, 0.05) is 0 Å². The number of terminal acetylenes is 1. The van der Waals surface area contributed by atoms with Gasteiger partial charge in [-0.25, -0.2) is 9.78 Å². The Morgan fingerprint density at radius 2 is 2.57 bits per heavy atom. The molecule has 0 fully saturated rings. The molecule has 0 aromatic carbocycles. The molecule has 0 unspecified atom stereocenters. The Labute approximate surface area is 81.9 Å². The van der Waals surface area contributed by atoms with Crippen LogP contribution in [0.2, 0.25) is 0 Å². The molecule has 0 aliphatic rings. The molecule has 0 bridgehead atoms. The smallest absolute Gasteiger partial charge is 0.360 e. The molecule has 0 amide bonds. The van der Waals surface area contributed by atoms with E-state index in [0.29, 0.717) is 6.61 Å². The topological polar surface area (TPSA) is 70.1 Å². The maximum atomic E-state index is 11.3. The summed E-state index contributed by atoms with van der Waals surface area (Å²) in [6.45, 7) is 2.30. The third-order valence-electron chi connectivity index (χ3n) is 1.61. The van der Waals surface area contributed by atoms with Gasteiger partial charge in [0.25, 0.3) is 0 Å². The molecule has 0 radical (unpaired) electrons. The van der Waals surface area contributed by atoms with E-state index in [0.717, 1.165) is 0 Å². The second kappa shape index (κ2) is 4.33. The lowest BCUT2D eigenvalue weighted by molar-refractivity contribution is 0.0521. The Morgan fingerprint density at radius 1 is 1.86 bits per heavy atom. The molecule has 1 rings (SSSR count). The van der Waals surface area contributed by atoms with E-state index in [1.54, 1.807) is 6.92 Å². The highest BCUT2D eigenvalue weighted by atomic mass is 16.5. The summed E-state index contributed by atoms with van der Waals surface area (Å²) in [5, 5.41) is 0. The Balaban J connectivity index is 2.90. The maximum absolute atomic E-state index is 11.3. The summed E-state index contributed by atoms with van der Waals surface area (Å²) in [7, 11) is 0. The van der Waals surface area contributed by atoms with Gasteiger partial charge in [0.1, 0.15) is 5.82 Å². The van der Waals surface area contributed by atoms with Crippen LogP contribution in [0.25, 0.3) is 0 Å². The SMILES string of the molecule is C#CCn1cnc(C(=O)OCC)c1N. The van der Waals surface area contributed by atoms with Crippen LogP contribution < -0.4 is 5.73 Å². The zero-order valence-electron chi connectivity index (χ0n) is 7.86. The van der Waals surface area contributed by atoms with Gasteiger partial charge >= 0.3 is 5.97 Å². The van der Waals surface area contributed by atoms with E-state index in [1.165, 1.54) is 10.9 Å². The van der Waals surface area contributed by atoms with Gasteiger partial charge in [0.15, 0.2) is 5.69 Å². The third kappa shape index (κ3) is 1.85. The molecular weight excluding hydrogens is 182 g/mol. The second-order valence-electron chi connectivity index (χ2n) is 2.53. The van der Waals surface area contributed by atoms with Gasteiger partial charge in [-0.05, 0) is 6.92 Å². The fourth-order valence-electron chi connectivity index (χ4n) is 0.973. The first kappa shape index (κ1) is 10.1. The number of hydrogen-bond donors (Lipinski definition) is 1. The molecule has 0 saturated carbocycles. The number of nitrogens with zero attached hydrogens (tertiary/aromatic N) is 2. The minimum atomic E-state index is -0.527. The normalized spacial score (nSPS) is 9.43. The first-order chi connectivity index (χ1) is 6.70. The highest BCUT2D eigenvalue weighted by molar-refractivity contribution is 5.92. The first-order valence-corrected chi connectivity index (χ1v) is 4.11. The Kier molecular flexibility index (Phi) is 3.13. The van der Waals surface area contributed by atoms with Crippen molar-refractivity contribution < 1.29 is 9.53 Å². The quantitative estimate of drug-likeness (QED) is 0.552. The van der Waals surface area contributed by atoms with Gasteiger partial charge in [-0.2, -0.15) is 0 Å². The fourth-order valence-corrected chi connectivity index (χ4v) is 0.973. The summed E-state index contributed by atoms with van der Waals surface area (Å²) in [4.78, 5) is 15.1. The molecule has 14 heavy (non-hydrogen) atoms. The molecule has 0 aliphatic heterocycles. The number of esters is 1. The third-order valence-corrected chi connectivity index (χ3v) is 1.61. The molecule has 0 saturated heterocycles. The average Bonchev–Trinajstić information content (AvgIpc) is 2.49. The van der Waals surface area contributed by atoms with Crippen LogP contribution >= 0.6 is 0 Å². The van der Waals surface area contributed by atoms with Gasteiger partial charge in [0.2, 0.25) is 0 Å². The summed E-state index contributed by atoms with van der Waals surface area (Å²) in [5.41, 5.74) is 5.74. The number of anilines is 1. The largest absolute Gasteiger partial charge is 0.461 e. The van der Waals surface area contributed by atoms with Gasteiger partial charge in [-0.1, -0.05) is 5.92 Å². The van der Waals surface area contributed by atoms with Gasteiger partial charge in [-0.3, -0.25) is 0 Å². The van der Waals surface area contributed by atoms with Crippen molar-refractivity contribution in [1.29, 1.82) is 0 Å². The highest BCUT2D eigenvalue weighted by Crippen LogP contribution is 2.10. The number of nitrogens with two attached hydrogens (primary N) is 1. The lowest BCUT2D eigenvalue weighted by atomic mass is 10.4. The Bertz CT molecular complexity index is 376. The Hall–Kier alpha value is -1.96. The van der Waals surface area contributed by atoms with Crippen molar-refractivity contribution in [1.82, 2.24) is 9.55 Å². The van der Waals surface area contributed by atoms with Crippen molar-refractivity contribution in [3.63, 3.8) is 0 Å². The van der Waals surface area contributed by atoms with E-state index in [2.05, 4.69) is 10.9 Å². The van der Waals surface area contributed by atoms with Crippen molar-refractivity contribution in [3.8, 4) is 12.3 Å². The summed E-state index contributed by atoms with van der Waals surface area (Å²) in [5.74, 6) is 2.11. The molecule has 74 valence electrons. The summed E-state index contributed by atoms with van der Waals surface area (Å²) in [6.07, 6.45) is 6.52. The van der Waals surface area contributed by atoms with Crippen LogP contribution in [0, 0.1) is 12.3 Å². The highest BCUT2D eigenvalue weighted by Gasteiger charge is 2.15. The molecule has 0 aliphatic carbocycles. The van der Waals surface area contributed by atoms with Crippen molar-refractivity contribution in [2.24, 2.45) is 0 Å². The van der Waals surface area contributed by atoms with Gasteiger partial charge in [0.05, 0.1) is 19.5 Å². The molecule has 0 atom stereocenters. The predicted octanol–water partition coefficient (Wildman–Crippen LogP) is 0.275. The monoisotopic (exact) mass is 193 g/mol. The lowest BCUT2D eigenvalue weighted by Crippen LogP contribution is -2.09. The number of hydrogen-bond acceptors (Lipinski definition) is 4. The second-order valence-corrected chi connectivity index (χ2v) is 2.53. The number of nitrogen functional groups attached to an aromatic ring is 1. The number of ether oxygens (including phenoxy) is 1. The van der Waals surface area contributed by atoms with Crippen LogP contribution in [0.4, 0.5) is 5.82 Å². The van der Waals surface area contributed by atoms with Gasteiger partial charge < -0.3 is 15.0 Å².